The van der Waals surface area contributed by atoms with Crippen molar-refractivity contribution < 1.29 is 13.2 Å². The van der Waals surface area contributed by atoms with Gasteiger partial charge in [-0.1, -0.05) is 18.2 Å². The molecule has 0 bridgehead atoms. The molecule has 1 aromatic heterocycles. The van der Waals surface area contributed by atoms with Gasteiger partial charge < -0.3 is 15.1 Å². The Labute approximate surface area is 179 Å². The lowest BCUT2D eigenvalue weighted by Crippen LogP contribution is -2.37. The highest BCUT2D eigenvalue weighted by molar-refractivity contribution is 14.0. The minimum atomic E-state index is -0.576. The molecule has 8 heteroatoms. The first-order chi connectivity index (χ1) is 13.1. The molecule has 0 saturated carbocycles. The van der Waals surface area contributed by atoms with Crippen LogP contribution < -0.4 is 10.6 Å². The van der Waals surface area contributed by atoms with Crippen LogP contribution in [0.2, 0.25) is 0 Å². The number of halogens is 3. The van der Waals surface area contributed by atoms with Crippen molar-refractivity contribution >= 4 is 29.9 Å². The lowest BCUT2D eigenvalue weighted by atomic mass is 10.1. The number of guanidine groups is 1. The van der Waals surface area contributed by atoms with Gasteiger partial charge in [-0.3, -0.25) is 4.99 Å². The molecule has 2 N–H and O–H groups in total. The number of aromatic nitrogens is 1. The quantitative estimate of drug-likeness (QED) is 0.305. The summed E-state index contributed by atoms with van der Waals surface area (Å²) in [5.41, 5.74) is 2.23. The maximum atomic E-state index is 13.2. The Balaban J connectivity index is 0.00000280. The van der Waals surface area contributed by atoms with Crippen LogP contribution in [0.4, 0.5) is 8.78 Å². The van der Waals surface area contributed by atoms with Gasteiger partial charge >= 0.3 is 0 Å². The van der Waals surface area contributed by atoms with Gasteiger partial charge in [0.1, 0.15) is 17.9 Å². The lowest BCUT2D eigenvalue weighted by molar-refractivity contribution is 0.572. The molecular formula is C20H21F2IN4O. The van der Waals surface area contributed by atoms with Crippen molar-refractivity contribution in [1.29, 1.82) is 0 Å². The highest BCUT2D eigenvalue weighted by Crippen LogP contribution is 2.17. The van der Waals surface area contributed by atoms with E-state index in [0.29, 0.717) is 36.9 Å². The molecule has 0 aliphatic rings. The van der Waals surface area contributed by atoms with Crippen LogP contribution in [0.15, 0.2) is 64.2 Å². The zero-order valence-electron chi connectivity index (χ0n) is 15.3. The van der Waals surface area contributed by atoms with Gasteiger partial charge in [-0.2, -0.15) is 0 Å². The summed E-state index contributed by atoms with van der Waals surface area (Å²) in [6, 6.07) is 13.1. The van der Waals surface area contributed by atoms with Gasteiger partial charge in [0.25, 0.3) is 0 Å². The van der Waals surface area contributed by atoms with Gasteiger partial charge in [0.2, 0.25) is 5.89 Å². The fraction of sp³-hybridized carbons (Fsp3) is 0.200. The Hall–Kier alpha value is -2.49. The third-order valence-electron chi connectivity index (χ3n) is 3.86. The van der Waals surface area contributed by atoms with E-state index in [9.17, 15) is 8.78 Å². The number of benzene rings is 2. The van der Waals surface area contributed by atoms with Crippen LogP contribution in [0.3, 0.4) is 0 Å². The van der Waals surface area contributed by atoms with E-state index in [0.717, 1.165) is 17.3 Å². The number of aliphatic imine (C=N–C) groups is 1. The Bertz CT molecular complexity index is 895. The van der Waals surface area contributed by atoms with Crippen LogP contribution in [0.5, 0.6) is 0 Å². The van der Waals surface area contributed by atoms with Crippen LogP contribution in [-0.2, 0) is 13.0 Å². The second-order valence-corrected chi connectivity index (χ2v) is 5.89. The van der Waals surface area contributed by atoms with Crippen molar-refractivity contribution in [2.45, 2.75) is 13.0 Å². The summed E-state index contributed by atoms with van der Waals surface area (Å²) < 4.78 is 31.9. The minimum absolute atomic E-state index is 0. The van der Waals surface area contributed by atoms with Crippen molar-refractivity contribution in [2.75, 3.05) is 13.6 Å². The van der Waals surface area contributed by atoms with Gasteiger partial charge in [-0.25, -0.2) is 13.8 Å². The molecule has 28 heavy (non-hydrogen) atoms. The predicted octanol–water partition coefficient (Wildman–Crippen LogP) is 4.15. The molecule has 1 heterocycles. The van der Waals surface area contributed by atoms with Gasteiger partial charge in [0.05, 0.1) is 12.2 Å². The van der Waals surface area contributed by atoms with E-state index in [1.807, 2.05) is 30.3 Å². The summed E-state index contributed by atoms with van der Waals surface area (Å²) in [6.07, 6.45) is 2.07. The monoisotopic (exact) mass is 498 g/mol. The predicted molar refractivity (Wildman–Crippen MR) is 116 cm³/mol. The molecule has 3 rings (SSSR count). The lowest BCUT2D eigenvalue weighted by Gasteiger charge is -2.11. The van der Waals surface area contributed by atoms with Crippen molar-refractivity contribution in [3.8, 4) is 11.5 Å². The molecule has 0 radical (unpaired) electrons. The maximum Gasteiger partial charge on any atom is 0.226 e. The number of nitrogens with one attached hydrogen (secondary N) is 2. The second kappa shape index (κ2) is 10.7. The molecule has 0 saturated heterocycles. The minimum Gasteiger partial charge on any atom is -0.444 e. The molecule has 2 aromatic carbocycles. The van der Waals surface area contributed by atoms with E-state index in [1.165, 1.54) is 12.1 Å². The molecule has 3 aromatic rings. The van der Waals surface area contributed by atoms with Crippen LogP contribution in [0, 0.1) is 11.6 Å². The van der Waals surface area contributed by atoms with Gasteiger partial charge in [-0.05, 0) is 36.2 Å². The van der Waals surface area contributed by atoms with Gasteiger partial charge in [0.15, 0.2) is 5.96 Å². The third-order valence-corrected chi connectivity index (χ3v) is 3.86. The summed E-state index contributed by atoms with van der Waals surface area (Å²) in [5.74, 6) is -0.0277. The molecule has 0 atom stereocenters. The van der Waals surface area contributed by atoms with E-state index in [1.54, 1.807) is 13.3 Å². The van der Waals surface area contributed by atoms with E-state index in [-0.39, 0.29) is 24.0 Å². The van der Waals surface area contributed by atoms with Crippen LogP contribution in [-0.4, -0.2) is 24.5 Å². The fourth-order valence-electron chi connectivity index (χ4n) is 2.58. The first-order valence-electron chi connectivity index (χ1n) is 8.53. The number of oxazole rings is 1. The molecule has 0 aliphatic heterocycles. The Morgan fingerprint density at radius 3 is 2.46 bits per heavy atom. The van der Waals surface area contributed by atoms with Crippen LogP contribution >= 0.6 is 24.0 Å². The fourth-order valence-corrected chi connectivity index (χ4v) is 2.58. The SMILES string of the molecule is CN=C(NCCc1cc(F)cc(F)c1)NCc1coc(-c2ccccc2)n1.I. The maximum absolute atomic E-state index is 13.2. The summed E-state index contributed by atoms with van der Waals surface area (Å²) in [7, 11) is 1.65. The zero-order chi connectivity index (χ0) is 19.1. The topological polar surface area (TPSA) is 62.5 Å². The highest BCUT2D eigenvalue weighted by Gasteiger charge is 2.07. The summed E-state index contributed by atoms with van der Waals surface area (Å²) in [6.45, 7) is 0.918. The first-order valence-corrected chi connectivity index (χ1v) is 8.53. The molecule has 0 spiro atoms. The second-order valence-electron chi connectivity index (χ2n) is 5.89. The number of hydrogen-bond donors (Lipinski definition) is 2. The number of rotatable bonds is 6. The normalized spacial score (nSPS) is 11.0. The molecule has 148 valence electrons. The Morgan fingerprint density at radius 2 is 1.79 bits per heavy atom. The Morgan fingerprint density at radius 1 is 1.07 bits per heavy atom. The van der Waals surface area contributed by atoms with Crippen molar-refractivity contribution in [1.82, 2.24) is 15.6 Å². The van der Waals surface area contributed by atoms with Gasteiger partial charge in [0, 0.05) is 25.2 Å². The van der Waals surface area contributed by atoms with Gasteiger partial charge in [-0.15, -0.1) is 24.0 Å². The largest absolute Gasteiger partial charge is 0.444 e. The summed E-state index contributed by atoms with van der Waals surface area (Å²) >= 11 is 0. The van der Waals surface area contributed by atoms with E-state index in [4.69, 9.17) is 4.42 Å². The molecular weight excluding hydrogens is 477 g/mol. The average Bonchev–Trinajstić information content (AvgIpc) is 3.13. The third kappa shape index (κ3) is 6.29. The van der Waals surface area contributed by atoms with Crippen molar-refractivity contribution in [3.05, 3.63) is 77.7 Å². The van der Waals surface area contributed by atoms with Crippen molar-refractivity contribution in [3.63, 3.8) is 0 Å². The Kier molecular flexibility index (Phi) is 8.37. The standard InChI is InChI=1S/C20H20F2N4O.HI/c1-23-20(24-8-7-14-9-16(21)11-17(22)10-14)25-12-18-13-27-19(26-18)15-5-3-2-4-6-15;/h2-6,9-11,13H,7-8,12H2,1H3,(H2,23,24,25);1H. The smallest absolute Gasteiger partial charge is 0.226 e. The highest BCUT2D eigenvalue weighted by atomic mass is 127. The summed E-state index contributed by atoms with van der Waals surface area (Å²) in [4.78, 5) is 8.56. The molecule has 0 fully saturated rings. The van der Waals surface area contributed by atoms with E-state index in [2.05, 4.69) is 20.6 Å². The van der Waals surface area contributed by atoms with Crippen LogP contribution in [0.1, 0.15) is 11.3 Å². The van der Waals surface area contributed by atoms with E-state index >= 15 is 0 Å². The van der Waals surface area contributed by atoms with E-state index < -0.39 is 11.6 Å². The molecule has 0 aliphatic carbocycles. The zero-order valence-corrected chi connectivity index (χ0v) is 17.6. The molecule has 0 unspecified atom stereocenters. The molecule has 5 nitrogen and oxygen atoms in total. The molecule has 0 amide bonds. The average molecular weight is 498 g/mol. The number of nitrogens with zero attached hydrogens (tertiary/aromatic N) is 2. The van der Waals surface area contributed by atoms with Crippen LogP contribution in [0.25, 0.3) is 11.5 Å². The van der Waals surface area contributed by atoms with Crippen molar-refractivity contribution in [2.24, 2.45) is 4.99 Å². The summed E-state index contributed by atoms with van der Waals surface area (Å²) in [5, 5.41) is 6.23. The number of hydrogen-bond acceptors (Lipinski definition) is 3. The first kappa shape index (κ1) is 21.8.